The second-order valence-electron chi connectivity index (χ2n) is 15.4. The van der Waals surface area contributed by atoms with Crippen molar-refractivity contribution in [2.24, 2.45) is 0 Å². The lowest BCUT2D eigenvalue weighted by atomic mass is 9.33. The number of para-hydroxylation sites is 2. The summed E-state index contributed by atoms with van der Waals surface area (Å²) in [7, 11) is 0. The first-order valence-corrected chi connectivity index (χ1v) is 17.1. The minimum absolute atomic E-state index is 0.0191. The average Bonchev–Trinajstić information content (AvgIpc) is 3.07. The molecule has 1 aromatic heterocycles. The Labute approximate surface area is 286 Å². The molecule has 0 saturated heterocycles. The van der Waals surface area contributed by atoms with Gasteiger partial charge in [0.15, 0.2) is 0 Å². The molecule has 5 aromatic carbocycles. The van der Waals surface area contributed by atoms with Crippen LogP contribution in [0.1, 0.15) is 58.2 Å². The Balaban J connectivity index is 1.44. The van der Waals surface area contributed by atoms with Crippen molar-refractivity contribution in [1.82, 2.24) is 4.98 Å². The molecule has 0 bridgehead atoms. The molecule has 2 aliphatic heterocycles. The first-order chi connectivity index (χ1) is 23.0. The van der Waals surface area contributed by atoms with Crippen molar-refractivity contribution in [3.63, 3.8) is 0 Å². The lowest BCUT2D eigenvalue weighted by molar-refractivity contribution is 0.590. The van der Waals surface area contributed by atoms with Crippen molar-refractivity contribution < 1.29 is 0 Å². The summed E-state index contributed by atoms with van der Waals surface area (Å²) in [5, 5.41) is 0. The van der Waals surface area contributed by atoms with Crippen molar-refractivity contribution in [2.45, 2.75) is 59.3 Å². The van der Waals surface area contributed by atoms with Crippen LogP contribution in [0.25, 0.3) is 11.3 Å². The molecule has 6 aromatic rings. The summed E-state index contributed by atoms with van der Waals surface area (Å²) in [6.45, 7) is 16.1. The van der Waals surface area contributed by atoms with Gasteiger partial charge in [0, 0.05) is 40.2 Å². The van der Waals surface area contributed by atoms with Crippen molar-refractivity contribution in [3.8, 4) is 11.3 Å². The van der Waals surface area contributed by atoms with Gasteiger partial charge < -0.3 is 9.80 Å². The smallest absolute Gasteiger partial charge is 0.252 e. The highest BCUT2D eigenvalue weighted by atomic mass is 15.2. The van der Waals surface area contributed by atoms with E-state index in [0.29, 0.717) is 0 Å². The zero-order valence-electron chi connectivity index (χ0n) is 29.0. The monoisotopic (exact) mass is 623 g/mol. The Kier molecular flexibility index (Phi) is 6.93. The third kappa shape index (κ3) is 4.85. The molecule has 0 radical (unpaired) electrons. The summed E-state index contributed by atoms with van der Waals surface area (Å²) >= 11 is 0. The lowest BCUT2D eigenvalue weighted by Gasteiger charge is -2.45. The molecule has 0 fully saturated rings. The van der Waals surface area contributed by atoms with Gasteiger partial charge in [0.2, 0.25) is 0 Å². The minimum atomic E-state index is 0.0191. The molecule has 3 heterocycles. The molecule has 0 saturated carbocycles. The fourth-order valence-corrected chi connectivity index (χ4v) is 7.60. The second kappa shape index (κ2) is 11.0. The largest absolute Gasteiger partial charge is 0.311 e. The molecule has 0 unspecified atom stereocenters. The van der Waals surface area contributed by atoms with Crippen LogP contribution in [0, 0.1) is 6.92 Å². The quantitative estimate of drug-likeness (QED) is 0.183. The normalized spacial score (nSPS) is 13.6. The Morgan fingerprint density at radius 1 is 0.521 bits per heavy atom. The first-order valence-electron chi connectivity index (χ1n) is 17.1. The molecule has 0 aliphatic carbocycles. The maximum atomic E-state index is 4.79. The van der Waals surface area contributed by atoms with E-state index in [0.717, 1.165) is 16.9 Å². The average molecular weight is 624 g/mol. The number of anilines is 6. The molecule has 8 rings (SSSR count). The first kappa shape index (κ1) is 30.3. The van der Waals surface area contributed by atoms with E-state index in [-0.39, 0.29) is 17.5 Å². The molecule has 0 N–H and O–H groups in total. The van der Waals surface area contributed by atoms with Crippen LogP contribution in [0.3, 0.4) is 0 Å². The lowest BCUT2D eigenvalue weighted by Crippen LogP contribution is -2.61. The van der Waals surface area contributed by atoms with Gasteiger partial charge in [-0.05, 0) is 105 Å². The number of nitrogens with zero attached hydrogens (tertiary/aromatic N) is 3. The van der Waals surface area contributed by atoms with Crippen LogP contribution in [-0.2, 0) is 10.8 Å². The Morgan fingerprint density at radius 2 is 1.12 bits per heavy atom. The van der Waals surface area contributed by atoms with Crippen molar-refractivity contribution in [3.05, 3.63) is 144 Å². The van der Waals surface area contributed by atoms with E-state index in [1.165, 1.54) is 61.5 Å². The molecule has 236 valence electrons. The van der Waals surface area contributed by atoms with Crippen molar-refractivity contribution >= 4 is 57.2 Å². The molecule has 0 spiro atoms. The van der Waals surface area contributed by atoms with Crippen molar-refractivity contribution in [2.75, 3.05) is 9.80 Å². The summed E-state index contributed by atoms with van der Waals surface area (Å²) in [4.78, 5) is 9.80. The van der Waals surface area contributed by atoms with Crippen molar-refractivity contribution in [1.29, 1.82) is 0 Å². The standard InChI is InChI=1S/C44H42BN3/c1-29-26-40-42-41(27-29)48(37-17-10-8-14-33(37)36-16-12-13-25-46-36)38-18-11-9-15-34(38)45(42)35-24-21-31(44(5,6)7)28-39(35)47(40)32-22-19-30(20-23-32)43(2,3)4/h8-28H,1-7H3. The molecule has 2 aliphatic rings. The summed E-state index contributed by atoms with van der Waals surface area (Å²) in [6, 6.07) is 45.1. The third-order valence-electron chi connectivity index (χ3n) is 10.1. The fourth-order valence-electron chi connectivity index (χ4n) is 7.60. The van der Waals surface area contributed by atoms with Crippen LogP contribution in [0.4, 0.5) is 34.1 Å². The molecule has 4 heteroatoms. The van der Waals surface area contributed by atoms with E-state index in [1.807, 2.05) is 12.3 Å². The van der Waals surface area contributed by atoms with E-state index in [4.69, 9.17) is 4.98 Å². The van der Waals surface area contributed by atoms with Gasteiger partial charge in [0.25, 0.3) is 6.71 Å². The van der Waals surface area contributed by atoms with E-state index in [9.17, 15) is 0 Å². The zero-order chi connectivity index (χ0) is 33.4. The van der Waals surface area contributed by atoms with Gasteiger partial charge in [-0.3, -0.25) is 4.98 Å². The minimum Gasteiger partial charge on any atom is -0.311 e. The summed E-state index contributed by atoms with van der Waals surface area (Å²) in [6.07, 6.45) is 1.88. The van der Waals surface area contributed by atoms with Crippen LogP contribution in [0.5, 0.6) is 0 Å². The molecular weight excluding hydrogens is 581 g/mol. The molecular formula is C44H42BN3. The van der Waals surface area contributed by atoms with Crippen LogP contribution >= 0.6 is 0 Å². The number of pyridine rings is 1. The maximum Gasteiger partial charge on any atom is 0.252 e. The Hall–Kier alpha value is -5.09. The van der Waals surface area contributed by atoms with Gasteiger partial charge in [0.1, 0.15) is 0 Å². The van der Waals surface area contributed by atoms with Crippen LogP contribution in [0.15, 0.2) is 128 Å². The van der Waals surface area contributed by atoms with E-state index in [2.05, 4.69) is 174 Å². The highest BCUT2D eigenvalue weighted by Crippen LogP contribution is 2.47. The van der Waals surface area contributed by atoms with E-state index in [1.54, 1.807) is 0 Å². The van der Waals surface area contributed by atoms with Gasteiger partial charge in [-0.1, -0.05) is 108 Å². The predicted molar refractivity (Wildman–Crippen MR) is 206 cm³/mol. The molecule has 3 nitrogen and oxygen atoms in total. The summed E-state index contributed by atoms with van der Waals surface area (Å²) in [5.74, 6) is 0. The number of aryl methyl sites for hydroxylation is 1. The highest BCUT2D eigenvalue weighted by Gasteiger charge is 2.44. The maximum absolute atomic E-state index is 4.79. The Bertz CT molecular complexity index is 2170. The van der Waals surface area contributed by atoms with Crippen LogP contribution < -0.4 is 26.2 Å². The van der Waals surface area contributed by atoms with E-state index >= 15 is 0 Å². The van der Waals surface area contributed by atoms with Gasteiger partial charge in [0.05, 0.1) is 11.4 Å². The van der Waals surface area contributed by atoms with Crippen LogP contribution in [0.2, 0.25) is 0 Å². The Morgan fingerprint density at radius 3 is 1.81 bits per heavy atom. The zero-order valence-corrected chi connectivity index (χ0v) is 29.0. The third-order valence-corrected chi connectivity index (χ3v) is 10.1. The summed E-state index contributed by atoms with van der Waals surface area (Å²) < 4.78 is 0. The van der Waals surface area contributed by atoms with Gasteiger partial charge in [-0.15, -0.1) is 0 Å². The number of hydrogen-bond donors (Lipinski definition) is 0. The van der Waals surface area contributed by atoms with Gasteiger partial charge in [-0.2, -0.15) is 0 Å². The number of hydrogen-bond acceptors (Lipinski definition) is 3. The number of aromatic nitrogens is 1. The molecule has 0 atom stereocenters. The SMILES string of the molecule is Cc1cc2c3c(c1)N(c1ccccc1-c1ccccn1)c1ccccc1B3c1ccc(C(C)(C)C)cc1N2c1ccc(C(C)(C)C)cc1. The second-order valence-corrected chi connectivity index (χ2v) is 15.4. The number of benzene rings is 5. The fraction of sp³-hybridized carbons (Fsp3) is 0.205. The molecule has 48 heavy (non-hydrogen) atoms. The highest BCUT2D eigenvalue weighted by molar-refractivity contribution is 7.00. The summed E-state index contributed by atoms with van der Waals surface area (Å²) in [5.41, 5.74) is 17.3. The van der Waals surface area contributed by atoms with E-state index < -0.39 is 0 Å². The topological polar surface area (TPSA) is 19.4 Å². The molecule has 0 amide bonds. The number of fused-ring (bicyclic) bond motifs is 4. The van der Waals surface area contributed by atoms with Crippen LogP contribution in [-0.4, -0.2) is 11.7 Å². The number of rotatable bonds is 3. The van der Waals surface area contributed by atoms with Gasteiger partial charge >= 0.3 is 0 Å². The predicted octanol–water partition coefficient (Wildman–Crippen LogP) is 9.73. The van der Waals surface area contributed by atoms with Gasteiger partial charge in [-0.25, -0.2) is 0 Å².